The number of aromatic hydroxyl groups is 1. The molecule has 4 N–H and O–H groups in total. The largest absolute Gasteiger partial charge is 0.506 e. The average Bonchev–Trinajstić information content (AvgIpc) is 2.75. The molecule has 0 saturated heterocycles. The van der Waals surface area contributed by atoms with Crippen LogP contribution in [-0.4, -0.2) is 35.1 Å². The number of aliphatic imine (C=N–C) groups is 1. The summed E-state index contributed by atoms with van der Waals surface area (Å²) >= 11 is 8.78. The van der Waals surface area contributed by atoms with Crippen molar-refractivity contribution in [2.24, 2.45) is 10.7 Å². The SMILES string of the molecule is CCOC(=O)c1cc(/C(C=Nc2c(O)cc(C(F)(NF)C(F)(F)F)cc2Br)=C/N)cnc1Cl. The van der Waals surface area contributed by atoms with Crippen LogP contribution < -0.4 is 11.3 Å². The number of alkyl halides is 4. The summed E-state index contributed by atoms with van der Waals surface area (Å²) in [6.07, 6.45) is -2.22. The maximum Gasteiger partial charge on any atom is 0.443 e. The summed E-state index contributed by atoms with van der Waals surface area (Å²) in [6.45, 7) is 1.69. The molecule has 0 aliphatic rings. The molecule has 14 heteroatoms. The lowest BCUT2D eigenvalue weighted by Gasteiger charge is -2.25. The molecule has 178 valence electrons. The second kappa shape index (κ2) is 10.4. The number of allylic oxidation sites excluding steroid dienone is 1. The molecular weight excluding hydrogens is 543 g/mol. The number of rotatable bonds is 7. The van der Waals surface area contributed by atoms with Crippen molar-refractivity contribution in [3.63, 3.8) is 0 Å². The number of nitrogens with two attached hydrogens (primary N) is 1. The fourth-order valence-corrected chi connectivity index (χ4v) is 3.22. The van der Waals surface area contributed by atoms with E-state index in [1.54, 1.807) is 6.92 Å². The summed E-state index contributed by atoms with van der Waals surface area (Å²) in [5.74, 6) is -6.19. The van der Waals surface area contributed by atoms with Gasteiger partial charge in [-0.15, -0.1) is 10.0 Å². The first-order chi connectivity index (χ1) is 15.4. The van der Waals surface area contributed by atoms with Crippen LogP contribution in [0.1, 0.15) is 28.4 Å². The van der Waals surface area contributed by atoms with Crippen LogP contribution in [0.2, 0.25) is 5.15 Å². The molecule has 2 aromatic rings. The van der Waals surface area contributed by atoms with Gasteiger partial charge in [0.15, 0.2) is 0 Å². The molecule has 1 atom stereocenters. The summed E-state index contributed by atoms with van der Waals surface area (Å²) in [7, 11) is 0. The summed E-state index contributed by atoms with van der Waals surface area (Å²) in [5.41, 5.74) is 4.48. The molecule has 0 amide bonds. The van der Waals surface area contributed by atoms with Crippen LogP contribution in [0.5, 0.6) is 5.75 Å². The van der Waals surface area contributed by atoms with Gasteiger partial charge in [-0.3, -0.25) is 4.99 Å². The highest BCUT2D eigenvalue weighted by atomic mass is 79.9. The third-order valence-corrected chi connectivity index (χ3v) is 5.05. The van der Waals surface area contributed by atoms with Gasteiger partial charge in [-0.1, -0.05) is 11.6 Å². The number of carbonyl (C=O) groups excluding carboxylic acids is 1. The number of hydrogen-bond donors (Lipinski definition) is 3. The summed E-state index contributed by atoms with van der Waals surface area (Å²) in [5, 5.41) is 9.97. The predicted octanol–water partition coefficient (Wildman–Crippen LogP) is 5.24. The number of benzene rings is 1. The zero-order valence-corrected chi connectivity index (χ0v) is 18.9. The van der Waals surface area contributed by atoms with Gasteiger partial charge in [-0.2, -0.15) is 13.2 Å². The number of ether oxygens (including phenoxy) is 1. The van der Waals surface area contributed by atoms with E-state index in [2.05, 4.69) is 25.9 Å². The van der Waals surface area contributed by atoms with Gasteiger partial charge < -0.3 is 15.6 Å². The van der Waals surface area contributed by atoms with Crippen molar-refractivity contribution >= 4 is 51.0 Å². The molecule has 1 aromatic carbocycles. The minimum absolute atomic E-state index is 0.0534. The van der Waals surface area contributed by atoms with Crippen LogP contribution in [-0.2, 0) is 10.5 Å². The molecule has 1 unspecified atom stereocenters. The Balaban J connectivity index is 2.45. The van der Waals surface area contributed by atoms with Gasteiger partial charge in [-0.05, 0) is 41.1 Å². The number of nitrogens with one attached hydrogen (secondary N) is 1. The van der Waals surface area contributed by atoms with Crippen molar-refractivity contribution in [2.75, 3.05) is 6.61 Å². The first-order valence-corrected chi connectivity index (χ1v) is 10.0. The molecule has 0 aliphatic heterocycles. The van der Waals surface area contributed by atoms with E-state index in [0.717, 1.165) is 12.4 Å². The number of aromatic nitrogens is 1. The lowest BCUT2D eigenvalue weighted by atomic mass is 10.0. The van der Waals surface area contributed by atoms with E-state index >= 15 is 0 Å². The van der Waals surface area contributed by atoms with Crippen molar-refractivity contribution < 1.29 is 36.7 Å². The Morgan fingerprint density at radius 1 is 1.36 bits per heavy atom. The second-order valence-corrected chi connectivity index (χ2v) is 7.45. The van der Waals surface area contributed by atoms with E-state index in [1.807, 2.05) is 0 Å². The molecule has 0 aliphatic carbocycles. The Kier molecular flexibility index (Phi) is 8.38. The normalized spacial score (nSPS) is 14.4. The molecular formula is C19H15BrClF5N4O3. The highest BCUT2D eigenvalue weighted by molar-refractivity contribution is 9.10. The monoisotopic (exact) mass is 556 g/mol. The lowest BCUT2D eigenvalue weighted by Crippen LogP contribution is -2.46. The van der Waals surface area contributed by atoms with E-state index in [0.29, 0.717) is 12.1 Å². The second-order valence-electron chi connectivity index (χ2n) is 6.24. The molecule has 33 heavy (non-hydrogen) atoms. The van der Waals surface area contributed by atoms with E-state index in [1.165, 1.54) is 12.3 Å². The van der Waals surface area contributed by atoms with Crippen LogP contribution in [0.15, 0.2) is 40.1 Å². The molecule has 0 fully saturated rings. The number of carbonyl (C=O) groups is 1. The van der Waals surface area contributed by atoms with Crippen molar-refractivity contribution in [2.45, 2.75) is 18.9 Å². The topological polar surface area (TPSA) is 110 Å². The van der Waals surface area contributed by atoms with E-state index in [9.17, 15) is 31.9 Å². The molecule has 1 heterocycles. The van der Waals surface area contributed by atoms with Gasteiger partial charge in [0.1, 0.15) is 16.6 Å². The Hall–Kier alpha value is -2.77. The molecule has 7 nitrogen and oxygen atoms in total. The number of hydrogen-bond acceptors (Lipinski definition) is 7. The number of phenols is 1. The average molecular weight is 558 g/mol. The van der Waals surface area contributed by atoms with Gasteiger partial charge in [0.2, 0.25) is 0 Å². The Morgan fingerprint density at radius 3 is 2.55 bits per heavy atom. The smallest absolute Gasteiger partial charge is 0.443 e. The van der Waals surface area contributed by atoms with Gasteiger partial charge in [0, 0.05) is 39.8 Å². The molecule has 0 spiro atoms. The maximum absolute atomic E-state index is 14.2. The zero-order chi connectivity index (χ0) is 25.0. The van der Waals surface area contributed by atoms with Crippen molar-refractivity contribution in [3.05, 3.63) is 56.9 Å². The number of nitrogens with zero attached hydrogens (tertiary/aromatic N) is 2. The minimum Gasteiger partial charge on any atom is -0.506 e. The van der Waals surface area contributed by atoms with E-state index in [-0.39, 0.29) is 44.2 Å². The third-order valence-electron chi connectivity index (χ3n) is 4.14. The molecule has 1 aromatic heterocycles. The first kappa shape index (κ1) is 26.5. The molecule has 0 saturated carbocycles. The van der Waals surface area contributed by atoms with Crippen LogP contribution in [0.4, 0.5) is 27.7 Å². The predicted molar refractivity (Wildman–Crippen MR) is 114 cm³/mol. The highest BCUT2D eigenvalue weighted by Gasteiger charge is 2.58. The van der Waals surface area contributed by atoms with Crippen LogP contribution in [0, 0.1) is 0 Å². The highest BCUT2D eigenvalue weighted by Crippen LogP contribution is 2.45. The maximum atomic E-state index is 14.2. The Morgan fingerprint density at radius 2 is 2.03 bits per heavy atom. The number of pyridine rings is 1. The molecule has 2 rings (SSSR count). The Bertz CT molecular complexity index is 1090. The van der Waals surface area contributed by atoms with Crippen molar-refractivity contribution in [1.82, 2.24) is 10.5 Å². The molecule has 0 bridgehead atoms. The Labute approximate surface area is 197 Å². The van der Waals surface area contributed by atoms with Crippen LogP contribution in [0.3, 0.4) is 0 Å². The standard InChI is InChI=1S/C19H15BrClF5N4O3/c1-2-33-17(32)12-3-9(7-29-16(12)21)10(6-27)8-28-15-13(20)4-11(5-14(15)31)18(22,30-26)19(23,24)25/h3-8,30-31H,2,27H2,1H3/b10-6+,28-8?. The lowest BCUT2D eigenvalue weighted by molar-refractivity contribution is -0.264. The fraction of sp³-hybridized carbons (Fsp3) is 0.211. The van der Waals surface area contributed by atoms with Crippen LogP contribution >= 0.6 is 27.5 Å². The number of phenolic OH excluding ortho intramolecular Hbond substituents is 1. The summed E-state index contributed by atoms with van der Waals surface area (Å²) < 4.78 is 70.3. The van der Waals surface area contributed by atoms with Gasteiger partial charge >= 0.3 is 17.9 Å². The van der Waals surface area contributed by atoms with Crippen LogP contribution in [0.25, 0.3) is 5.57 Å². The van der Waals surface area contributed by atoms with Gasteiger partial charge in [0.05, 0.1) is 12.2 Å². The zero-order valence-electron chi connectivity index (χ0n) is 16.6. The van der Waals surface area contributed by atoms with Crippen molar-refractivity contribution in [3.8, 4) is 5.75 Å². The first-order valence-electron chi connectivity index (χ1n) is 8.85. The minimum atomic E-state index is -5.66. The van der Waals surface area contributed by atoms with Gasteiger partial charge in [-0.25, -0.2) is 14.2 Å². The third kappa shape index (κ3) is 5.60. The quantitative estimate of drug-likeness (QED) is 0.107. The fourth-order valence-electron chi connectivity index (χ4n) is 2.49. The van der Waals surface area contributed by atoms with Gasteiger partial charge in [0.25, 0.3) is 0 Å². The van der Waals surface area contributed by atoms with E-state index < -0.39 is 29.3 Å². The van der Waals surface area contributed by atoms with E-state index in [4.69, 9.17) is 22.1 Å². The van der Waals surface area contributed by atoms with Crippen molar-refractivity contribution in [1.29, 1.82) is 0 Å². The number of halogens is 7. The number of esters is 1. The summed E-state index contributed by atoms with van der Waals surface area (Å²) in [6, 6.07) is 2.29. The molecule has 0 radical (unpaired) electrons. The summed E-state index contributed by atoms with van der Waals surface area (Å²) in [4.78, 5) is 19.8.